The average molecular weight is 200 g/mol. The topological polar surface area (TPSA) is 26.3 Å². The van der Waals surface area contributed by atoms with Crippen LogP contribution in [0.5, 0.6) is 5.75 Å². The summed E-state index contributed by atoms with van der Waals surface area (Å²) in [7, 11) is 0. The van der Waals surface area contributed by atoms with Crippen molar-refractivity contribution in [2.45, 2.75) is 13.3 Å². The van der Waals surface area contributed by atoms with Gasteiger partial charge in [0.15, 0.2) is 0 Å². The maximum atomic E-state index is 11.8. The Morgan fingerprint density at radius 1 is 1.50 bits per heavy atom. The van der Waals surface area contributed by atoms with Crippen LogP contribution in [0.25, 0.3) is 0 Å². The number of carbonyl (C=O) groups is 1. The second-order valence-corrected chi connectivity index (χ2v) is 2.84. The largest absolute Gasteiger partial charge is 0.488 e. The van der Waals surface area contributed by atoms with Gasteiger partial charge in [0.2, 0.25) is 0 Å². The molecular formula is C10H10F2O2. The van der Waals surface area contributed by atoms with Crippen molar-refractivity contribution < 1.29 is 18.3 Å². The summed E-state index contributed by atoms with van der Waals surface area (Å²) >= 11 is 0. The van der Waals surface area contributed by atoms with Crippen molar-refractivity contribution in [3.8, 4) is 5.75 Å². The highest BCUT2D eigenvalue weighted by atomic mass is 19.3. The molecule has 0 heterocycles. The molecule has 0 amide bonds. The molecule has 0 aliphatic heterocycles. The zero-order valence-corrected chi connectivity index (χ0v) is 7.67. The summed E-state index contributed by atoms with van der Waals surface area (Å²) in [6.45, 7) is 1.10. The molecular weight excluding hydrogens is 190 g/mol. The molecule has 14 heavy (non-hydrogen) atoms. The van der Waals surface area contributed by atoms with E-state index in [-0.39, 0.29) is 0 Å². The van der Waals surface area contributed by atoms with Crippen molar-refractivity contribution in [3.63, 3.8) is 0 Å². The van der Waals surface area contributed by atoms with Gasteiger partial charge < -0.3 is 4.74 Å². The number of hydrogen-bond donors (Lipinski definition) is 0. The van der Waals surface area contributed by atoms with Gasteiger partial charge in [0.25, 0.3) is 6.43 Å². The zero-order valence-electron chi connectivity index (χ0n) is 7.67. The van der Waals surface area contributed by atoms with Gasteiger partial charge in [0.1, 0.15) is 18.6 Å². The summed E-state index contributed by atoms with van der Waals surface area (Å²) in [6.07, 6.45) is -1.77. The number of aldehydes is 1. The van der Waals surface area contributed by atoms with Crippen molar-refractivity contribution in [3.05, 3.63) is 29.3 Å². The molecule has 1 aromatic carbocycles. The molecule has 0 unspecified atom stereocenters. The molecule has 0 aliphatic carbocycles. The normalized spacial score (nSPS) is 10.3. The molecule has 4 heteroatoms. The standard InChI is InChI=1S/C10H10F2O2/c1-7-4-9(14-6-10(11)12)3-2-8(7)5-13/h2-5,10H,6H2,1H3. The Bertz CT molecular complexity index is 324. The summed E-state index contributed by atoms with van der Waals surface area (Å²) in [6, 6.07) is 4.61. The molecule has 1 aromatic rings. The van der Waals surface area contributed by atoms with Crippen LogP contribution >= 0.6 is 0 Å². The van der Waals surface area contributed by atoms with Crippen LogP contribution in [0.2, 0.25) is 0 Å². The van der Waals surface area contributed by atoms with E-state index in [0.29, 0.717) is 23.2 Å². The Balaban J connectivity index is 2.71. The quantitative estimate of drug-likeness (QED) is 0.698. The molecule has 0 saturated carbocycles. The highest BCUT2D eigenvalue weighted by molar-refractivity contribution is 5.77. The molecule has 0 spiro atoms. The fraction of sp³-hybridized carbons (Fsp3) is 0.300. The number of aryl methyl sites for hydroxylation is 1. The van der Waals surface area contributed by atoms with Gasteiger partial charge in [-0.2, -0.15) is 0 Å². The van der Waals surface area contributed by atoms with E-state index >= 15 is 0 Å². The SMILES string of the molecule is Cc1cc(OCC(F)F)ccc1C=O. The van der Waals surface area contributed by atoms with Gasteiger partial charge in [-0.15, -0.1) is 0 Å². The summed E-state index contributed by atoms with van der Waals surface area (Å²) in [4.78, 5) is 10.4. The van der Waals surface area contributed by atoms with Crippen molar-refractivity contribution in [1.82, 2.24) is 0 Å². The lowest BCUT2D eigenvalue weighted by atomic mass is 10.1. The Morgan fingerprint density at radius 3 is 2.71 bits per heavy atom. The van der Waals surface area contributed by atoms with Crippen LogP contribution in [0.4, 0.5) is 8.78 Å². The fourth-order valence-electron chi connectivity index (χ4n) is 1.03. The van der Waals surface area contributed by atoms with Crippen LogP contribution in [0.15, 0.2) is 18.2 Å². The van der Waals surface area contributed by atoms with Crippen LogP contribution in [0.1, 0.15) is 15.9 Å². The fourth-order valence-corrected chi connectivity index (χ4v) is 1.03. The van der Waals surface area contributed by atoms with Crippen LogP contribution in [0.3, 0.4) is 0 Å². The first-order valence-corrected chi connectivity index (χ1v) is 4.10. The molecule has 0 radical (unpaired) electrons. The highest BCUT2D eigenvalue weighted by Gasteiger charge is 2.04. The summed E-state index contributed by atoms with van der Waals surface area (Å²) in [5.74, 6) is 0.355. The first-order chi connectivity index (χ1) is 6.63. The smallest absolute Gasteiger partial charge is 0.272 e. The van der Waals surface area contributed by atoms with E-state index in [9.17, 15) is 13.6 Å². The van der Waals surface area contributed by atoms with Crippen LogP contribution < -0.4 is 4.74 Å². The third-order valence-corrected chi connectivity index (χ3v) is 1.74. The van der Waals surface area contributed by atoms with Gasteiger partial charge in [0.05, 0.1) is 0 Å². The summed E-state index contributed by atoms with van der Waals surface area (Å²) in [5.41, 5.74) is 1.25. The van der Waals surface area contributed by atoms with Gasteiger partial charge in [-0.05, 0) is 30.7 Å². The van der Waals surface area contributed by atoms with Crippen molar-refractivity contribution >= 4 is 6.29 Å². The monoisotopic (exact) mass is 200 g/mol. The van der Waals surface area contributed by atoms with Gasteiger partial charge in [0, 0.05) is 5.56 Å². The minimum Gasteiger partial charge on any atom is -0.488 e. The third kappa shape index (κ3) is 2.80. The lowest BCUT2D eigenvalue weighted by molar-refractivity contribution is 0.0818. The molecule has 0 saturated heterocycles. The third-order valence-electron chi connectivity index (χ3n) is 1.74. The molecule has 0 bridgehead atoms. The first kappa shape index (κ1) is 10.6. The van der Waals surface area contributed by atoms with E-state index in [1.165, 1.54) is 6.07 Å². The number of benzene rings is 1. The predicted molar refractivity (Wildman–Crippen MR) is 48.1 cm³/mol. The molecule has 0 aliphatic rings. The van der Waals surface area contributed by atoms with Crippen LogP contribution in [-0.2, 0) is 0 Å². The second kappa shape index (κ2) is 4.69. The van der Waals surface area contributed by atoms with Crippen LogP contribution in [-0.4, -0.2) is 19.3 Å². The highest BCUT2D eigenvalue weighted by Crippen LogP contribution is 2.16. The van der Waals surface area contributed by atoms with Gasteiger partial charge in [-0.1, -0.05) is 0 Å². The maximum Gasteiger partial charge on any atom is 0.272 e. The van der Waals surface area contributed by atoms with E-state index in [1.807, 2.05) is 0 Å². The molecule has 0 aromatic heterocycles. The number of alkyl halides is 2. The van der Waals surface area contributed by atoms with Crippen LogP contribution in [0, 0.1) is 6.92 Å². The van der Waals surface area contributed by atoms with E-state index in [0.717, 1.165) is 0 Å². The van der Waals surface area contributed by atoms with E-state index in [4.69, 9.17) is 4.74 Å². The first-order valence-electron chi connectivity index (χ1n) is 4.10. The van der Waals surface area contributed by atoms with Gasteiger partial charge >= 0.3 is 0 Å². The minimum absolute atomic E-state index is 0.355. The average Bonchev–Trinajstić information content (AvgIpc) is 2.15. The number of hydrogen-bond acceptors (Lipinski definition) is 2. The molecule has 0 atom stereocenters. The molecule has 1 rings (SSSR count). The zero-order chi connectivity index (χ0) is 10.6. The Labute approximate surface area is 80.5 Å². The Kier molecular flexibility index (Phi) is 3.56. The number of rotatable bonds is 4. The molecule has 0 N–H and O–H groups in total. The lowest BCUT2D eigenvalue weighted by Crippen LogP contribution is -2.07. The lowest BCUT2D eigenvalue weighted by Gasteiger charge is -2.06. The second-order valence-electron chi connectivity index (χ2n) is 2.84. The van der Waals surface area contributed by atoms with Crippen molar-refractivity contribution in [2.24, 2.45) is 0 Å². The minimum atomic E-state index is -2.49. The Hall–Kier alpha value is -1.45. The molecule has 2 nitrogen and oxygen atoms in total. The van der Waals surface area contributed by atoms with Crippen molar-refractivity contribution in [2.75, 3.05) is 6.61 Å². The predicted octanol–water partition coefficient (Wildman–Crippen LogP) is 2.45. The van der Waals surface area contributed by atoms with E-state index in [2.05, 4.69) is 0 Å². The summed E-state index contributed by atoms with van der Waals surface area (Å²) < 4.78 is 28.4. The van der Waals surface area contributed by atoms with Gasteiger partial charge in [-0.3, -0.25) is 4.79 Å². The van der Waals surface area contributed by atoms with Gasteiger partial charge in [-0.25, -0.2) is 8.78 Å². The number of ether oxygens (including phenoxy) is 1. The van der Waals surface area contributed by atoms with E-state index < -0.39 is 13.0 Å². The van der Waals surface area contributed by atoms with E-state index in [1.54, 1.807) is 19.1 Å². The molecule has 76 valence electrons. The number of halogens is 2. The maximum absolute atomic E-state index is 11.8. The Morgan fingerprint density at radius 2 is 2.21 bits per heavy atom. The summed E-state index contributed by atoms with van der Waals surface area (Å²) in [5, 5.41) is 0. The molecule has 0 fully saturated rings. The number of carbonyl (C=O) groups excluding carboxylic acids is 1. The van der Waals surface area contributed by atoms with Crippen molar-refractivity contribution in [1.29, 1.82) is 0 Å².